The third kappa shape index (κ3) is 27.0. The van der Waals surface area contributed by atoms with Crippen molar-refractivity contribution in [1.82, 2.24) is 72.9 Å². The Labute approximate surface area is 834 Å². The molecular weight excluding hydrogens is 1850 g/mol. The molecule has 0 bridgehead atoms. The molecule has 4 heterocycles. The summed E-state index contributed by atoms with van der Waals surface area (Å²) in [7, 11) is 0. The molecule has 11 aliphatic rings. The van der Waals surface area contributed by atoms with Gasteiger partial charge in [-0.15, -0.1) is 30.3 Å². The van der Waals surface area contributed by atoms with E-state index >= 15 is 0 Å². The summed E-state index contributed by atoms with van der Waals surface area (Å²) < 4.78 is 38.9. The molecule has 8 aliphatic carbocycles. The number of likely N-dealkylation sites (tertiary alicyclic amines) is 3. The molecule has 0 radical (unpaired) electrons. The predicted octanol–water partition coefficient (Wildman–Crippen LogP) is 9.59. The van der Waals surface area contributed by atoms with E-state index < -0.39 is 196 Å². The maximum absolute atomic E-state index is 14.4. The number of thiazole rings is 1. The van der Waals surface area contributed by atoms with Crippen LogP contribution in [-0.2, 0) is 62.3 Å². The maximum Gasteiger partial charge on any atom is 0.389 e. The molecule has 15 amide bonds. The van der Waals surface area contributed by atoms with Crippen molar-refractivity contribution in [3.05, 3.63) is 65.1 Å². The standard InChI is InChI=1S/C36H50N6O6S.C36H51N5O6.C32H48F3N5O6/c1-8-10-16-23(27(43)31(46)37-17-9-2)39-30(45)26-24-22(36(24,6)7)20-42(26)33(47)29(35(3,4)5)41-34(48)40-25(21-14-12-11-13-15-21)28(44)32-38-18-19-49-32;1-35(2,3)30(40-34(47)39-26(21-12-8-6-9-13-21)28(42)22-14-10-7-11-15-22)33(46)41-19-23-25(36(23,4)5)27(41)32(45)38-24(18-20-16-17-20)29(43)31(37)44;1-30(2,3)25(39-29(46)38-21(23(41)17-11-12-17)16-9-7-6-8-10-16)28(45)40-15-18-20(31(18,4)5)22(40)27(44)37-19(24(42)26(36)43)13-14-32(33,34)35/h1,9,18-19,21-26,29H,2,10-17,20H2,3-7H3,(H,37,46)(H,39,45)(H2,40,41,48);7,10-11,14-15,20-21,23-27,30H,6,8-9,12-13,16-19H2,1-5H3,(H2,37,44)(H,38,45)(H2,39,40,47);16-22,25H,6-15H2,1-5H3,(H2,36,43)(H,37,44)(H2,38,39,46)/t22-,23?,24-,25-,26-,29+;23-,24?,25-,26-,27-,30+;18-,19?,20-,21-,22-,25+/m000/s1. The van der Waals surface area contributed by atoms with Crippen LogP contribution in [0.15, 0.2) is 54.6 Å². The van der Waals surface area contributed by atoms with Crippen LogP contribution in [0.3, 0.4) is 0 Å². The van der Waals surface area contributed by atoms with Crippen molar-refractivity contribution in [1.29, 1.82) is 0 Å². The molecule has 142 heavy (non-hydrogen) atoms. The number of primary amides is 2. The molecule has 0 spiro atoms. The van der Waals surface area contributed by atoms with E-state index in [9.17, 15) is 99.5 Å². The zero-order valence-corrected chi connectivity index (χ0v) is 85.6. The van der Waals surface area contributed by atoms with Gasteiger partial charge in [-0.05, 0) is 162 Å². The van der Waals surface area contributed by atoms with Gasteiger partial charge in [-0.25, -0.2) is 19.4 Å². The van der Waals surface area contributed by atoms with Crippen molar-refractivity contribution in [3.8, 4) is 12.3 Å². The number of ketones is 6. The van der Waals surface area contributed by atoms with Crippen LogP contribution >= 0.6 is 11.3 Å². The highest BCUT2D eigenvalue weighted by Crippen LogP contribution is 2.67. The van der Waals surface area contributed by atoms with Gasteiger partial charge in [0, 0.05) is 62.1 Å². The van der Waals surface area contributed by atoms with Gasteiger partial charge in [-0.3, -0.25) is 71.9 Å². The number of terminal acetylenes is 1. The number of urea groups is 3. The molecule has 780 valence electrons. The topological polar surface area (TPSA) is 502 Å². The van der Waals surface area contributed by atoms with Crippen LogP contribution in [0.2, 0.25) is 0 Å². The molecule has 3 aliphatic heterocycles. The minimum atomic E-state index is -4.65. The second kappa shape index (κ2) is 45.5. The van der Waals surface area contributed by atoms with Crippen molar-refractivity contribution in [2.45, 2.75) is 337 Å². The highest BCUT2D eigenvalue weighted by Gasteiger charge is 2.73. The van der Waals surface area contributed by atoms with Crippen LogP contribution in [-0.4, -0.2) is 230 Å². The average molecular weight is 2000 g/mol. The lowest BCUT2D eigenvalue weighted by Gasteiger charge is -2.38. The van der Waals surface area contributed by atoms with E-state index in [0.29, 0.717) is 30.1 Å². The normalized spacial score (nSPS) is 24.9. The summed E-state index contributed by atoms with van der Waals surface area (Å²) in [4.78, 5) is 248. The third-order valence-corrected chi connectivity index (χ3v) is 32.6. The number of nitrogens with two attached hydrogens (primary N) is 2. The zero-order valence-electron chi connectivity index (χ0n) is 84.8. The quantitative estimate of drug-likeness (QED) is 0.0129. The molecule has 18 atom stereocenters. The lowest BCUT2D eigenvalue weighted by atomic mass is 9.81. The number of rotatable bonds is 38. The Morgan fingerprint density at radius 2 is 0.852 bits per heavy atom. The van der Waals surface area contributed by atoms with Gasteiger partial charge < -0.3 is 79.3 Å². The van der Waals surface area contributed by atoms with Crippen LogP contribution in [0.5, 0.6) is 0 Å². The van der Waals surface area contributed by atoms with E-state index in [1.807, 2.05) is 75.3 Å². The summed E-state index contributed by atoms with van der Waals surface area (Å²) >= 11 is 1.22. The maximum atomic E-state index is 14.4. The number of fused-ring (bicyclic) bond motifs is 3. The monoisotopic (exact) mass is 2000 g/mol. The number of aromatic nitrogens is 1. The number of halogens is 3. The number of hydrogen-bond acceptors (Lipinski definition) is 20. The summed E-state index contributed by atoms with van der Waals surface area (Å²) in [5.74, 6) is -8.27. The molecule has 8 saturated carbocycles. The summed E-state index contributed by atoms with van der Waals surface area (Å²) in [6.07, 6.45) is 19.5. The highest BCUT2D eigenvalue weighted by molar-refractivity contribution is 7.11. The molecule has 2 aromatic rings. The molecule has 3 unspecified atom stereocenters. The SMILES string of the molecule is C#CCCC(NC(=O)[C@@H]1[C@@H]2[C@H](CN1C(=O)[C@@H](NC(=O)N[C@H](C(=O)c1nccs1)C1CCCCC1)C(C)(C)C)C2(C)C)C(=O)C(=O)NCC=C.CC(C)(C)[C@H](NC(=O)N[C@H](C(=O)C1CC1)C1CCCCC1)C(=O)N1C[C@H]2[C@@H]([C@H]1C(=O)NC(CCC(F)(F)F)C(=O)C(N)=O)C2(C)C.CC(C)(C)[C@H](NC(=O)N[C@H](C(=O)c1ccccc1)C1CCCCC1)C(=O)N1C[C@H]2[C@@H]([C@H]1C(=O)NC(CC1CC1)C(=O)C(N)=O)C2(C)C. The summed E-state index contributed by atoms with van der Waals surface area (Å²) in [5.41, 5.74) is 7.76. The Balaban J connectivity index is 0.000000203. The first kappa shape index (κ1) is 111. The van der Waals surface area contributed by atoms with E-state index in [4.69, 9.17) is 17.9 Å². The Hall–Kier alpha value is -11.0. The number of nitrogens with one attached hydrogen (secondary N) is 10. The van der Waals surface area contributed by atoms with Crippen LogP contribution in [0, 0.1) is 110 Å². The molecule has 11 fully saturated rings. The first-order valence-electron chi connectivity index (χ1n) is 50.7. The van der Waals surface area contributed by atoms with Crippen molar-refractivity contribution in [3.63, 3.8) is 0 Å². The smallest absolute Gasteiger partial charge is 0.363 e. The zero-order chi connectivity index (χ0) is 105. The highest BCUT2D eigenvalue weighted by atomic mass is 32.1. The second-order valence-corrected chi connectivity index (χ2v) is 47.1. The first-order valence-corrected chi connectivity index (χ1v) is 51.6. The molecule has 38 heteroatoms. The molecule has 1 aromatic heterocycles. The predicted molar refractivity (Wildman–Crippen MR) is 523 cm³/mol. The van der Waals surface area contributed by atoms with Gasteiger partial charge in [0.2, 0.25) is 58.6 Å². The number of piperidine rings is 3. The number of carbonyl (C=O) groups is 18. The minimum absolute atomic E-state index is 0.0151. The third-order valence-electron chi connectivity index (χ3n) is 31.8. The molecule has 3 saturated heterocycles. The van der Waals surface area contributed by atoms with Gasteiger partial charge in [0.1, 0.15) is 36.3 Å². The van der Waals surface area contributed by atoms with Gasteiger partial charge in [-0.2, -0.15) is 13.2 Å². The number of carbonyl (C=O) groups excluding carboxylic acids is 18. The first-order chi connectivity index (χ1) is 66.5. The lowest BCUT2D eigenvalue weighted by molar-refractivity contribution is -0.147. The van der Waals surface area contributed by atoms with E-state index in [1.165, 1.54) is 32.1 Å². The van der Waals surface area contributed by atoms with Crippen molar-refractivity contribution >= 4 is 117 Å². The van der Waals surface area contributed by atoms with Crippen LogP contribution in [0.25, 0.3) is 0 Å². The van der Waals surface area contributed by atoms with Gasteiger partial charge in [0.05, 0.1) is 36.3 Å². The fourth-order valence-electron chi connectivity index (χ4n) is 22.8. The fourth-order valence-corrected chi connectivity index (χ4v) is 23.5. The second-order valence-electron chi connectivity index (χ2n) is 46.2. The number of nitrogens with zero attached hydrogens (tertiary/aromatic N) is 4. The number of amides is 15. The molecule has 14 N–H and O–H groups in total. The summed E-state index contributed by atoms with van der Waals surface area (Å²) in [6, 6.07) is -5.33. The van der Waals surface area contributed by atoms with E-state index in [1.54, 1.807) is 56.6 Å². The number of Topliss-reactive ketones (excluding diaryl/α,β-unsaturated/α-hetero) is 6. The molecule has 34 nitrogen and oxygen atoms in total. The minimum Gasteiger partial charge on any atom is -0.363 e. The molecule has 1 aromatic carbocycles. The van der Waals surface area contributed by atoms with Gasteiger partial charge in [-0.1, -0.05) is 211 Å². The summed E-state index contributed by atoms with van der Waals surface area (Å²) in [6.45, 7) is 32.6. The van der Waals surface area contributed by atoms with Crippen molar-refractivity contribution in [2.24, 2.45) is 109 Å². The number of benzene rings is 1. The number of hydrogen-bond donors (Lipinski definition) is 12. The van der Waals surface area contributed by atoms with Crippen LogP contribution in [0.4, 0.5) is 27.6 Å². The largest absolute Gasteiger partial charge is 0.389 e. The number of alkyl halides is 3. The molecular formula is C104H149F3N16O18S. The average Bonchev–Trinajstić information content (AvgIpc) is 1.53. The fraction of sp³-hybridized carbons (Fsp3) is 0.702. The Morgan fingerprint density at radius 3 is 1.20 bits per heavy atom. The Morgan fingerprint density at radius 1 is 0.486 bits per heavy atom. The summed E-state index contributed by atoms with van der Waals surface area (Å²) in [5, 5.41) is 29.5. The van der Waals surface area contributed by atoms with Crippen LogP contribution < -0.4 is 64.6 Å². The van der Waals surface area contributed by atoms with E-state index in [0.717, 1.165) is 122 Å². The van der Waals surface area contributed by atoms with Crippen molar-refractivity contribution < 1.29 is 99.5 Å². The van der Waals surface area contributed by atoms with Crippen molar-refractivity contribution in [2.75, 3.05) is 26.2 Å². The Kier molecular flexibility index (Phi) is 35.7. The Bertz CT molecular complexity index is 5090. The van der Waals surface area contributed by atoms with Crippen LogP contribution in [0.1, 0.15) is 278 Å². The molecule has 13 rings (SSSR count). The van der Waals surface area contributed by atoms with Gasteiger partial charge in [0.15, 0.2) is 16.6 Å². The van der Waals surface area contributed by atoms with Gasteiger partial charge in [0.25, 0.3) is 17.7 Å². The van der Waals surface area contributed by atoms with E-state index in [-0.39, 0.29) is 125 Å². The van der Waals surface area contributed by atoms with Gasteiger partial charge >= 0.3 is 24.3 Å². The van der Waals surface area contributed by atoms with E-state index in [2.05, 4.69) is 84.5 Å². The lowest BCUT2D eigenvalue weighted by Crippen LogP contribution is -2.62.